The first-order valence-corrected chi connectivity index (χ1v) is 13.1. The summed E-state index contributed by atoms with van der Waals surface area (Å²) in [6, 6.07) is 16.8. The molecule has 0 heterocycles. The average Bonchev–Trinajstić information content (AvgIpc) is 2.93. The molecular weight excluding hydrogens is 535 g/mol. The second-order valence-corrected chi connectivity index (χ2v) is 7.96. The van der Waals surface area contributed by atoms with Gasteiger partial charge >= 0.3 is 18.6 Å². The molecule has 0 amide bonds. The van der Waals surface area contributed by atoms with Crippen LogP contribution in [0.4, 0.5) is 0 Å². The van der Waals surface area contributed by atoms with Gasteiger partial charge in [0.15, 0.2) is 0 Å². The summed E-state index contributed by atoms with van der Waals surface area (Å²) in [5, 5.41) is 61.8. The predicted molar refractivity (Wildman–Crippen MR) is 141 cm³/mol. The Balaban J connectivity index is -0.000000414. The molecule has 0 bridgehead atoms. The van der Waals surface area contributed by atoms with Gasteiger partial charge in [-0.2, -0.15) is 0 Å². The Morgan fingerprint density at radius 1 is 0.359 bits per heavy atom. The van der Waals surface area contributed by atoms with Crippen molar-refractivity contribution in [2.45, 2.75) is 41.5 Å². The zero-order valence-corrected chi connectivity index (χ0v) is 25.5. The Kier molecular flexibility index (Phi) is 27.6. The summed E-state index contributed by atoms with van der Waals surface area (Å²) in [7, 11) is 0. The SMILES string of the molecule is CC[NH+](CC)CC.CC[NH+](CC)CC.[O-]c1ccccc1[O-].[O-]c1ccccc1[O-].[O-]c1ccccc1[O-].[V+4]. The molecule has 0 aromatic heterocycles. The van der Waals surface area contributed by atoms with Crippen LogP contribution in [0.1, 0.15) is 41.5 Å². The zero-order chi connectivity index (χ0) is 29.3. The van der Waals surface area contributed by atoms with Crippen LogP contribution < -0.4 is 40.4 Å². The van der Waals surface area contributed by atoms with Crippen LogP contribution >= 0.6 is 0 Å². The Morgan fingerprint density at radius 2 is 0.487 bits per heavy atom. The van der Waals surface area contributed by atoms with E-state index in [0.29, 0.717) is 0 Å². The number of quaternary nitrogens is 2. The molecule has 8 nitrogen and oxygen atoms in total. The van der Waals surface area contributed by atoms with Crippen LogP contribution in [-0.2, 0) is 18.6 Å². The van der Waals surface area contributed by atoms with Crippen molar-refractivity contribution in [2.24, 2.45) is 0 Å². The van der Waals surface area contributed by atoms with E-state index in [4.69, 9.17) is 0 Å². The summed E-state index contributed by atoms with van der Waals surface area (Å²) >= 11 is 0. The van der Waals surface area contributed by atoms with Crippen LogP contribution in [0.15, 0.2) is 72.8 Å². The molecule has 0 atom stereocenters. The van der Waals surface area contributed by atoms with Crippen LogP contribution in [0.3, 0.4) is 0 Å². The van der Waals surface area contributed by atoms with Crippen LogP contribution in [-0.4, -0.2) is 39.3 Å². The van der Waals surface area contributed by atoms with Gasteiger partial charge in [0, 0.05) is 0 Å². The van der Waals surface area contributed by atoms with Gasteiger partial charge < -0.3 is 40.4 Å². The van der Waals surface area contributed by atoms with Gasteiger partial charge in [-0.3, -0.25) is 0 Å². The predicted octanol–water partition coefficient (Wildman–Crippen LogP) is -0.639. The molecule has 3 rings (SSSR count). The van der Waals surface area contributed by atoms with E-state index in [1.165, 1.54) is 75.7 Å². The third-order valence-electron chi connectivity index (χ3n) is 5.55. The second kappa shape index (κ2) is 26.6. The van der Waals surface area contributed by atoms with Gasteiger partial charge in [0.25, 0.3) is 0 Å². The van der Waals surface area contributed by atoms with Crippen LogP contribution in [0, 0.1) is 0 Å². The van der Waals surface area contributed by atoms with Crippen molar-refractivity contribution < 1.29 is 59.0 Å². The average molecular weight is 580 g/mol. The summed E-state index contributed by atoms with van der Waals surface area (Å²) in [6.07, 6.45) is 0. The fourth-order valence-corrected chi connectivity index (χ4v) is 2.85. The molecule has 0 spiro atoms. The van der Waals surface area contributed by atoms with Crippen molar-refractivity contribution in [2.75, 3.05) is 39.3 Å². The van der Waals surface area contributed by atoms with Crippen molar-refractivity contribution in [1.29, 1.82) is 0 Å². The van der Waals surface area contributed by atoms with Crippen LogP contribution in [0.2, 0.25) is 0 Å². The summed E-state index contributed by atoms with van der Waals surface area (Å²) in [4.78, 5) is 3.36. The van der Waals surface area contributed by atoms with Crippen molar-refractivity contribution in [3.8, 4) is 34.5 Å². The summed E-state index contributed by atoms with van der Waals surface area (Å²) in [6.45, 7) is 21.0. The van der Waals surface area contributed by atoms with Crippen molar-refractivity contribution in [3.05, 3.63) is 72.8 Å². The fourth-order valence-electron chi connectivity index (χ4n) is 2.85. The molecule has 0 aliphatic heterocycles. The fraction of sp³-hybridized carbons (Fsp3) is 0.400. The van der Waals surface area contributed by atoms with Gasteiger partial charge in [0.05, 0.1) is 39.3 Å². The minimum atomic E-state index is -0.437. The number of benzene rings is 3. The van der Waals surface area contributed by atoms with Crippen molar-refractivity contribution in [3.63, 3.8) is 0 Å². The topological polar surface area (TPSA) is 147 Å². The van der Waals surface area contributed by atoms with E-state index in [1.54, 1.807) is 46.2 Å². The molecular formula is C30H44N2O6V. The third kappa shape index (κ3) is 21.6. The van der Waals surface area contributed by atoms with Gasteiger partial charge in [-0.25, -0.2) is 0 Å². The Morgan fingerprint density at radius 3 is 0.538 bits per heavy atom. The van der Waals surface area contributed by atoms with E-state index in [9.17, 15) is 30.6 Å². The number of nitrogens with one attached hydrogen (secondary N) is 2. The standard InChI is InChI=1S/2C6H15N.3C6H6O2.V/c2*1-4-7(5-2)6-3;3*7-5-3-1-2-4-6(5)8;/h2*4-6H2,1-3H3;3*1-4,7-8H;/q;;;;;+4/p-4. The monoisotopic (exact) mass is 579 g/mol. The first kappa shape index (κ1) is 40.5. The van der Waals surface area contributed by atoms with Gasteiger partial charge in [0.1, 0.15) is 0 Å². The quantitative estimate of drug-likeness (QED) is 0.397. The zero-order valence-electron chi connectivity index (χ0n) is 24.1. The Labute approximate surface area is 246 Å². The molecule has 215 valence electrons. The summed E-state index contributed by atoms with van der Waals surface area (Å²) in [5.41, 5.74) is 0. The molecule has 0 saturated carbocycles. The molecule has 0 aliphatic rings. The maximum absolute atomic E-state index is 10.3. The molecule has 39 heavy (non-hydrogen) atoms. The molecule has 1 radical (unpaired) electrons. The van der Waals surface area contributed by atoms with Gasteiger partial charge in [0.2, 0.25) is 0 Å². The summed E-state index contributed by atoms with van der Waals surface area (Å²) < 4.78 is 0. The first-order chi connectivity index (χ1) is 18.1. The van der Waals surface area contributed by atoms with E-state index in [2.05, 4.69) is 41.5 Å². The van der Waals surface area contributed by atoms with Crippen LogP contribution in [0.5, 0.6) is 34.5 Å². The molecule has 3 aromatic carbocycles. The van der Waals surface area contributed by atoms with Crippen molar-refractivity contribution >= 4 is 0 Å². The Bertz CT molecular complexity index is 765. The number of rotatable bonds is 6. The van der Waals surface area contributed by atoms with E-state index in [-0.39, 0.29) is 18.6 Å². The smallest absolute Gasteiger partial charge is 0.873 e. The minimum Gasteiger partial charge on any atom is -0.873 e. The summed E-state index contributed by atoms with van der Waals surface area (Å²) in [5.74, 6) is -2.62. The maximum Gasteiger partial charge on any atom is 4.00 e. The van der Waals surface area contributed by atoms with E-state index >= 15 is 0 Å². The number of para-hydroxylation sites is 6. The molecule has 0 aliphatic carbocycles. The van der Waals surface area contributed by atoms with Gasteiger partial charge in [-0.15, -0.1) is 34.5 Å². The molecule has 3 aromatic rings. The van der Waals surface area contributed by atoms with Gasteiger partial charge in [-0.1, -0.05) is 72.8 Å². The van der Waals surface area contributed by atoms with Crippen molar-refractivity contribution in [1.82, 2.24) is 0 Å². The van der Waals surface area contributed by atoms with E-state index in [1.807, 2.05) is 0 Å². The molecule has 0 saturated heterocycles. The third-order valence-corrected chi connectivity index (χ3v) is 5.55. The minimum absolute atomic E-state index is 0. The number of hydrogen-bond acceptors (Lipinski definition) is 6. The Hall–Kier alpha value is -3.04. The normalized spacial score (nSPS) is 9.23. The van der Waals surface area contributed by atoms with Crippen LogP contribution in [0.25, 0.3) is 0 Å². The van der Waals surface area contributed by atoms with Gasteiger partial charge in [-0.05, 0) is 41.5 Å². The molecule has 9 heteroatoms. The largest absolute Gasteiger partial charge is 4.00 e. The van der Waals surface area contributed by atoms with E-state index < -0.39 is 34.5 Å². The maximum atomic E-state index is 10.3. The number of hydrogen-bond donors (Lipinski definition) is 2. The second-order valence-electron chi connectivity index (χ2n) is 7.96. The molecule has 0 fully saturated rings. The molecule has 2 N–H and O–H groups in total. The molecule has 0 unspecified atom stereocenters. The van der Waals surface area contributed by atoms with E-state index in [0.717, 1.165) is 0 Å². The first-order valence-electron chi connectivity index (χ1n) is 13.1.